The molecule has 3 aromatic rings. The summed E-state index contributed by atoms with van der Waals surface area (Å²) in [6.45, 7) is 5.65. The van der Waals surface area contributed by atoms with Crippen LogP contribution in [0.3, 0.4) is 0 Å². The van der Waals surface area contributed by atoms with Gasteiger partial charge < -0.3 is 9.47 Å². The lowest BCUT2D eigenvalue weighted by Gasteiger charge is -2.23. The molecule has 3 aromatic carbocycles. The molecule has 0 saturated heterocycles. The molecule has 0 atom stereocenters. The van der Waals surface area contributed by atoms with Crippen molar-refractivity contribution in [1.82, 2.24) is 5.43 Å². The molecule has 1 N–H and O–H groups in total. The molecule has 10 heteroatoms. The third kappa shape index (κ3) is 7.80. The third-order valence-corrected chi connectivity index (χ3v) is 7.19. The molecule has 0 fully saturated rings. The molecule has 37 heavy (non-hydrogen) atoms. The summed E-state index contributed by atoms with van der Waals surface area (Å²) in [5, 5.41) is 4.00. The second kappa shape index (κ2) is 12.2. The highest BCUT2D eigenvalue weighted by Crippen LogP contribution is 2.37. The molecular formula is C27H30BrN3O5S. The molecule has 3 rings (SSSR count). The second-order valence-corrected chi connectivity index (χ2v) is 11.4. The van der Waals surface area contributed by atoms with E-state index >= 15 is 0 Å². The van der Waals surface area contributed by atoms with E-state index in [9.17, 15) is 13.2 Å². The molecule has 0 heterocycles. The van der Waals surface area contributed by atoms with E-state index in [4.69, 9.17) is 9.47 Å². The van der Waals surface area contributed by atoms with Gasteiger partial charge >= 0.3 is 0 Å². The standard InChI is InChI=1S/C27H30BrN3O5S/c1-18-7-10-21(11-8-18)17-36-27-23(28)13-22(14-25(27)35-4)15-29-30-26(32)16-31(37(5,33)34)24-12-19(2)6-9-20(24)3/h6-15H,16-17H2,1-5H3,(H,30,32)/b29-15-. The lowest BCUT2D eigenvalue weighted by molar-refractivity contribution is -0.119. The van der Waals surface area contributed by atoms with E-state index < -0.39 is 22.5 Å². The number of amides is 1. The van der Waals surface area contributed by atoms with Crippen molar-refractivity contribution in [3.05, 3.63) is 86.9 Å². The summed E-state index contributed by atoms with van der Waals surface area (Å²) in [4.78, 5) is 12.6. The number of rotatable bonds is 10. The van der Waals surface area contributed by atoms with Crippen LogP contribution in [0.5, 0.6) is 11.5 Å². The largest absolute Gasteiger partial charge is 0.493 e. The predicted molar refractivity (Wildman–Crippen MR) is 150 cm³/mol. The number of hydrogen-bond acceptors (Lipinski definition) is 6. The van der Waals surface area contributed by atoms with Crippen LogP contribution in [-0.2, 0) is 21.4 Å². The van der Waals surface area contributed by atoms with E-state index in [2.05, 4.69) is 26.5 Å². The first-order valence-corrected chi connectivity index (χ1v) is 14.0. The van der Waals surface area contributed by atoms with E-state index in [1.807, 2.05) is 50.2 Å². The smallest absolute Gasteiger partial charge is 0.260 e. The molecule has 196 valence electrons. The quantitative estimate of drug-likeness (QED) is 0.269. The van der Waals surface area contributed by atoms with Crippen molar-refractivity contribution >= 4 is 43.8 Å². The summed E-state index contributed by atoms with van der Waals surface area (Å²) in [5.41, 5.74) is 7.32. The average Bonchev–Trinajstić information content (AvgIpc) is 2.83. The van der Waals surface area contributed by atoms with Crippen molar-refractivity contribution in [2.45, 2.75) is 27.4 Å². The SMILES string of the molecule is COc1cc(/C=N\NC(=O)CN(c2cc(C)ccc2C)S(C)(=O)=O)cc(Br)c1OCc1ccc(C)cc1. The Morgan fingerprint density at radius 3 is 2.38 bits per heavy atom. The Bertz CT molecular complexity index is 1410. The molecule has 0 bridgehead atoms. The molecule has 1 amide bonds. The summed E-state index contributed by atoms with van der Waals surface area (Å²) >= 11 is 3.51. The van der Waals surface area contributed by atoms with Gasteiger partial charge in [0.15, 0.2) is 11.5 Å². The highest BCUT2D eigenvalue weighted by Gasteiger charge is 2.22. The van der Waals surface area contributed by atoms with E-state index in [0.29, 0.717) is 33.8 Å². The number of nitrogens with zero attached hydrogens (tertiary/aromatic N) is 2. The zero-order valence-electron chi connectivity index (χ0n) is 21.4. The van der Waals surface area contributed by atoms with Crippen LogP contribution in [0.2, 0.25) is 0 Å². The van der Waals surface area contributed by atoms with Gasteiger partial charge in [-0.05, 0) is 77.2 Å². The minimum Gasteiger partial charge on any atom is -0.493 e. The highest BCUT2D eigenvalue weighted by atomic mass is 79.9. The van der Waals surface area contributed by atoms with Crippen molar-refractivity contribution in [3.63, 3.8) is 0 Å². The number of methoxy groups -OCH3 is 1. The van der Waals surface area contributed by atoms with Crippen molar-refractivity contribution in [3.8, 4) is 11.5 Å². The Labute approximate surface area is 226 Å². The van der Waals surface area contributed by atoms with Crippen molar-refractivity contribution in [2.24, 2.45) is 5.10 Å². The van der Waals surface area contributed by atoms with Gasteiger partial charge in [-0.15, -0.1) is 0 Å². The Kier molecular flexibility index (Phi) is 9.34. The lowest BCUT2D eigenvalue weighted by Crippen LogP contribution is -2.39. The van der Waals surface area contributed by atoms with Gasteiger partial charge in [0.05, 0.1) is 29.7 Å². The summed E-state index contributed by atoms with van der Waals surface area (Å²) in [6, 6.07) is 17.0. The number of carbonyl (C=O) groups excluding carboxylic acids is 1. The van der Waals surface area contributed by atoms with E-state index in [0.717, 1.165) is 27.3 Å². The fourth-order valence-electron chi connectivity index (χ4n) is 3.51. The van der Waals surface area contributed by atoms with Crippen LogP contribution in [-0.4, -0.2) is 40.4 Å². The van der Waals surface area contributed by atoms with Gasteiger partial charge in [-0.1, -0.05) is 42.0 Å². The normalized spacial score (nSPS) is 11.4. The first-order valence-electron chi connectivity index (χ1n) is 11.4. The molecule has 0 unspecified atom stereocenters. The Hall–Kier alpha value is -3.37. The number of halogens is 1. The zero-order chi connectivity index (χ0) is 27.2. The van der Waals surface area contributed by atoms with Gasteiger partial charge in [-0.3, -0.25) is 9.10 Å². The Morgan fingerprint density at radius 2 is 1.73 bits per heavy atom. The number of ether oxygens (including phenoxy) is 2. The molecule has 0 spiro atoms. The molecule has 8 nitrogen and oxygen atoms in total. The van der Waals surface area contributed by atoms with Crippen LogP contribution in [0.4, 0.5) is 5.69 Å². The van der Waals surface area contributed by atoms with Crippen LogP contribution in [0.1, 0.15) is 27.8 Å². The minimum atomic E-state index is -3.69. The van der Waals surface area contributed by atoms with Crippen LogP contribution in [0.25, 0.3) is 0 Å². The van der Waals surface area contributed by atoms with Gasteiger partial charge in [0.1, 0.15) is 13.2 Å². The van der Waals surface area contributed by atoms with Crippen molar-refractivity contribution < 1.29 is 22.7 Å². The molecule has 0 aliphatic heterocycles. The van der Waals surface area contributed by atoms with Crippen molar-refractivity contribution in [1.29, 1.82) is 0 Å². The maximum absolute atomic E-state index is 12.6. The Balaban J connectivity index is 1.69. The van der Waals surface area contributed by atoms with Crippen molar-refractivity contribution in [2.75, 3.05) is 24.2 Å². The zero-order valence-corrected chi connectivity index (χ0v) is 23.8. The predicted octanol–water partition coefficient (Wildman–Crippen LogP) is 4.88. The number of hydrazone groups is 1. The number of nitrogens with one attached hydrogen (secondary N) is 1. The summed E-state index contributed by atoms with van der Waals surface area (Å²) in [5.74, 6) is 0.459. The van der Waals surface area contributed by atoms with Gasteiger partial charge in [0.2, 0.25) is 10.0 Å². The van der Waals surface area contributed by atoms with Gasteiger partial charge in [0, 0.05) is 0 Å². The average molecular weight is 589 g/mol. The fraction of sp³-hybridized carbons (Fsp3) is 0.259. The summed E-state index contributed by atoms with van der Waals surface area (Å²) in [7, 11) is -2.15. The summed E-state index contributed by atoms with van der Waals surface area (Å²) in [6.07, 6.45) is 2.51. The van der Waals surface area contributed by atoms with Crippen LogP contribution >= 0.6 is 15.9 Å². The second-order valence-electron chi connectivity index (χ2n) is 8.66. The minimum absolute atomic E-state index is 0.371. The number of carbonyl (C=O) groups is 1. The number of hydrogen-bond donors (Lipinski definition) is 1. The molecular weight excluding hydrogens is 558 g/mol. The highest BCUT2D eigenvalue weighted by molar-refractivity contribution is 9.10. The number of anilines is 1. The lowest BCUT2D eigenvalue weighted by atomic mass is 10.1. The van der Waals surface area contributed by atoms with E-state index in [-0.39, 0.29) is 0 Å². The van der Waals surface area contributed by atoms with Crippen LogP contribution < -0.4 is 19.2 Å². The topological polar surface area (TPSA) is 97.3 Å². The summed E-state index contributed by atoms with van der Waals surface area (Å²) < 4.78 is 38.0. The molecule has 0 aliphatic rings. The molecule has 0 aliphatic carbocycles. The monoisotopic (exact) mass is 587 g/mol. The number of benzene rings is 3. The van der Waals surface area contributed by atoms with Gasteiger partial charge in [-0.2, -0.15) is 5.10 Å². The van der Waals surface area contributed by atoms with Gasteiger partial charge in [-0.25, -0.2) is 13.8 Å². The number of aryl methyl sites for hydroxylation is 3. The molecule has 0 saturated carbocycles. The first-order chi connectivity index (χ1) is 17.5. The third-order valence-electron chi connectivity index (χ3n) is 5.48. The maximum Gasteiger partial charge on any atom is 0.260 e. The molecule has 0 radical (unpaired) electrons. The van der Waals surface area contributed by atoms with E-state index in [1.54, 1.807) is 25.1 Å². The van der Waals surface area contributed by atoms with Gasteiger partial charge in [0.25, 0.3) is 5.91 Å². The number of sulfonamides is 1. The van der Waals surface area contributed by atoms with E-state index in [1.165, 1.54) is 18.9 Å². The fourth-order valence-corrected chi connectivity index (χ4v) is 4.99. The first kappa shape index (κ1) is 28.2. The maximum atomic E-state index is 12.6. The Morgan fingerprint density at radius 1 is 1.05 bits per heavy atom. The van der Waals surface area contributed by atoms with Crippen LogP contribution in [0, 0.1) is 20.8 Å². The molecule has 0 aromatic heterocycles. The van der Waals surface area contributed by atoms with Crippen LogP contribution in [0.15, 0.2) is 64.2 Å².